The molecule has 0 saturated carbocycles. The Morgan fingerprint density at radius 2 is 2.24 bits per heavy atom. The molecule has 5 heteroatoms. The molecule has 0 saturated heterocycles. The fourth-order valence-corrected chi connectivity index (χ4v) is 1.24. The second kappa shape index (κ2) is 5.56. The molecular formula is C12H11NO4. The zero-order chi connectivity index (χ0) is 12.8. The molecule has 1 aromatic rings. The van der Waals surface area contributed by atoms with Gasteiger partial charge in [-0.2, -0.15) is 0 Å². The maximum atomic E-state index is 11.2. The molecule has 0 heterocycles. The summed E-state index contributed by atoms with van der Waals surface area (Å²) < 4.78 is 4.92. The Kier molecular flexibility index (Phi) is 4.12. The first-order valence-corrected chi connectivity index (χ1v) is 4.73. The Morgan fingerprint density at radius 1 is 1.53 bits per heavy atom. The third-order valence-electron chi connectivity index (χ3n) is 1.98. The number of nitrogens with one attached hydrogen (secondary N) is 1. The van der Waals surface area contributed by atoms with E-state index in [1.807, 2.05) is 0 Å². The van der Waals surface area contributed by atoms with Crippen molar-refractivity contribution >= 4 is 17.6 Å². The standard InChI is InChI=1S/C12H11NO4/c1-3-4-11(14)13-8-5-6-9(12(15)16)10(7-8)17-2/h1,5-7H,4H2,2H3,(H,13,14)(H,15,16). The molecule has 2 N–H and O–H groups in total. The fraction of sp³-hybridized carbons (Fsp3) is 0.167. The monoisotopic (exact) mass is 233 g/mol. The van der Waals surface area contributed by atoms with Gasteiger partial charge in [0, 0.05) is 11.8 Å². The number of carbonyl (C=O) groups is 2. The van der Waals surface area contributed by atoms with Crippen LogP contribution in [0.1, 0.15) is 16.8 Å². The lowest BCUT2D eigenvalue weighted by Gasteiger charge is -2.08. The quantitative estimate of drug-likeness (QED) is 0.770. The van der Waals surface area contributed by atoms with E-state index in [4.69, 9.17) is 16.3 Å². The minimum absolute atomic E-state index is 0.0300. The molecule has 88 valence electrons. The van der Waals surface area contributed by atoms with Crippen molar-refractivity contribution in [2.24, 2.45) is 0 Å². The summed E-state index contributed by atoms with van der Waals surface area (Å²) >= 11 is 0. The Morgan fingerprint density at radius 3 is 2.76 bits per heavy atom. The number of rotatable bonds is 4. The van der Waals surface area contributed by atoms with Crippen molar-refractivity contribution in [1.82, 2.24) is 0 Å². The number of carbonyl (C=O) groups excluding carboxylic acids is 1. The van der Waals surface area contributed by atoms with Crippen molar-refractivity contribution in [3.63, 3.8) is 0 Å². The number of aromatic carboxylic acids is 1. The van der Waals surface area contributed by atoms with Crippen LogP contribution in [0.5, 0.6) is 5.75 Å². The molecule has 0 radical (unpaired) electrons. The molecule has 0 atom stereocenters. The van der Waals surface area contributed by atoms with E-state index < -0.39 is 5.97 Å². The number of terminal acetylenes is 1. The van der Waals surface area contributed by atoms with Crippen molar-refractivity contribution in [3.05, 3.63) is 23.8 Å². The summed E-state index contributed by atoms with van der Waals surface area (Å²) in [5.41, 5.74) is 0.467. The second-order valence-electron chi connectivity index (χ2n) is 3.15. The van der Waals surface area contributed by atoms with Crippen LogP contribution in [-0.2, 0) is 4.79 Å². The van der Waals surface area contributed by atoms with Gasteiger partial charge in [0.25, 0.3) is 0 Å². The Hall–Kier alpha value is -2.48. The first-order valence-electron chi connectivity index (χ1n) is 4.73. The van der Waals surface area contributed by atoms with Gasteiger partial charge < -0.3 is 15.2 Å². The van der Waals surface area contributed by atoms with E-state index in [9.17, 15) is 9.59 Å². The van der Waals surface area contributed by atoms with E-state index in [0.29, 0.717) is 5.69 Å². The van der Waals surface area contributed by atoms with Crippen LogP contribution in [0.4, 0.5) is 5.69 Å². The van der Waals surface area contributed by atoms with Gasteiger partial charge in [0.1, 0.15) is 11.3 Å². The van der Waals surface area contributed by atoms with E-state index in [2.05, 4.69) is 11.2 Å². The van der Waals surface area contributed by atoms with E-state index in [0.717, 1.165) is 0 Å². The second-order valence-corrected chi connectivity index (χ2v) is 3.15. The van der Waals surface area contributed by atoms with Gasteiger partial charge in [0.2, 0.25) is 5.91 Å². The van der Waals surface area contributed by atoms with Gasteiger partial charge in [-0.3, -0.25) is 4.79 Å². The largest absolute Gasteiger partial charge is 0.496 e. The summed E-state index contributed by atoms with van der Waals surface area (Å²) in [6.07, 6.45) is 4.95. The number of benzene rings is 1. The van der Waals surface area contributed by atoms with E-state index in [-0.39, 0.29) is 23.6 Å². The number of amides is 1. The number of anilines is 1. The highest BCUT2D eigenvalue weighted by Crippen LogP contribution is 2.23. The van der Waals surface area contributed by atoms with Crippen LogP contribution in [0.2, 0.25) is 0 Å². The number of hydrogen-bond acceptors (Lipinski definition) is 3. The molecule has 0 spiro atoms. The number of carboxylic acids is 1. The maximum absolute atomic E-state index is 11.2. The summed E-state index contributed by atoms with van der Waals surface area (Å²) in [5, 5.41) is 11.4. The van der Waals surface area contributed by atoms with Gasteiger partial charge in [-0.1, -0.05) is 5.92 Å². The van der Waals surface area contributed by atoms with Crippen molar-refractivity contribution in [2.45, 2.75) is 6.42 Å². The molecule has 0 fully saturated rings. The minimum Gasteiger partial charge on any atom is -0.496 e. The third kappa shape index (κ3) is 3.24. The van der Waals surface area contributed by atoms with Gasteiger partial charge in [0.05, 0.1) is 13.5 Å². The predicted molar refractivity (Wildman–Crippen MR) is 62.0 cm³/mol. The van der Waals surface area contributed by atoms with Crippen LogP contribution >= 0.6 is 0 Å². The molecule has 1 rings (SSSR count). The van der Waals surface area contributed by atoms with Crippen LogP contribution < -0.4 is 10.1 Å². The van der Waals surface area contributed by atoms with Crippen LogP contribution in [0.15, 0.2) is 18.2 Å². The Labute approximate surface area is 98.4 Å². The average Bonchev–Trinajstić information content (AvgIpc) is 2.28. The number of ether oxygens (including phenoxy) is 1. The lowest BCUT2D eigenvalue weighted by Crippen LogP contribution is -2.10. The van der Waals surface area contributed by atoms with Crippen molar-refractivity contribution in [1.29, 1.82) is 0 Å². The predicted octanol–water partition coefficient (Wildman–Crippen LogP) is 1.36. The lowest BCUT2D eigenvalue weighted by atomic mass is 10.2. The SMILES string of the molecule is C#CCC(=O)Nc1ccc(C(=O)O)c(OC)c1. The van der Waals surface area contributed by atoms with E-state index in [1.54, 1.807) is 0 Å². The van der Waals surface area contributed by atoms with Gasteiger partial charge in [-0.05, 0) is 12.1 Å². The zero-order valence-corrected chi connectivity index (χ0v) is 9.19. The number of methoxy groups -OCH3 is 1. The molecule has 0 aliphatic carbocycles. The molecule has 5 nitrogen and oxygen atoms in total. The molecule has 0 bridgehead atoms. The fourth-order valence-electron chi connectivity index (χ4n) is 1.24. The Balaban J connectivity index is 2.94. The summed E-state index contributed by atoms with van der Waals surface area (Å²) in [6.45, 7) is 0. The van der Waals surface area contributed by atoms with Crippen LogP contribution in [0.25, 0.3) is 0 Å². The molecule has 0 aliphatic rings. The van der Waals surface area contributed by atoms with E-state index in [1.165, 1.54) is 25.3 Å². The average molecular weight is 233 g/mol. The number of hydrogen-bond donors (Lipinski definition) is 2. The first-order chi connectivity index (χ1) is 8.08. The van der Waals surface area contributed by atoms with Crippen molar-refractivity contribution in [3.8, 4) is 18.1 Å². The van der Waals surface area contributed by atoms with Crippen molar-refractivity contribution < 1.29 is 19.4 Å². The van der Waals surface area contributed by atoms with Crippen LogP contribution in [0.3, 0.4) is 0 Å². The Bertz CT molecular complexity index is 488. The summed E-state index contributed by atoms with van der Waals surface area (Å²) in [4.78, 5) is 22.0. The third-order valence-corrected chi connectivity index (χ3v) is 1.98. The molecule has 1 amide bonds. The number of carboxylic acid groups (broad SMARTS) is 1. The van der Waals surface area contributed by atoms with E-state index >= 15 is 0 Å². The van der Waals surface area contributed by atoms with Crippen molar-refractivity contribution in [2.75, 3.05) is 12.4 Å². The summed E-state index contributed by atoms with van der Waals surface area (Å²) in [6, 6.07) is 4.25. The highest BCUT2D eigenvalue weighted by Gasteiger charge is 2.11. The normalized spacial score (nSPS) is 9.18. The first kappa shape index (κ1) is 12.6. The molecule has 0 unspecified atom stereocenters. The molecule has 17 heavy (non-hydrogen) atoms. The molecule has 0 aliphatic heterocycles. The highest BCUT2D eigenvalue weighted by molar-refractivity contribution is 5.95. The van der Waals surface area contributed by atoms with Gasteiger partial charge in [0.15, 0.2) is 0 Å². The maximum Gasteiger partial charge on any atom is 0.339 e. The van der Waals surface area contributed by atoms with Crippen LogP contribution in [-0.4, -0.2) is 24.1 Å². The van der Waals surface area contributed by atoms with Crippen LogP contribution in [0, 0.1) is 12.3 Å². The molecule has 1 aromatic carbocycles. The zero-order valence-electron chi connectivity index (χ0n) is 9.19. The topological polar surface area (TPSA) is 75.6 Å². The molecule has 0 aromatic heterocycles. The minimum atomic E-state index is -1.09. The highest BCUT2D eigenvalue weighted by atomic mass is 16.5. The smallest absolute Gasteiger partial charge is 0.339 e. The van der Waals surface area contributed by atoms with Gasteiger partial charge in [-0.25, -0.2) is 4.79 Å². The summed E-state index contributed by atoms with van der Waals surface area (Å²) in [5.74, 6) is 0.956. The molecular weight excluding hydrogens is 222 g/mol. The lowest BCUT2D eigenvalue weighted by molar-refractivity contribution is -0.115. The van der Waals surface area contributed by atoms with Gasteiger partial charge in [-0.15, -0.1) is 6.42 Å². The van der Waals surface area contributed by atoms with Gasteiger partial charge >= 0.3 is 5.97 Å². The summed E-state index contributed by atoms with van der Waals surface area (Å²) in [7, 11) is 1.36.